The zero-order valence-electron chi connectivity index (χ0n) is 8.64. The van der Waals surface area contributed by atoms with E-state index >= 15 is 0 Å². The molecule has 0 saturated carbocycles. The van der Waals surface area contributed by atoms with Gasteiger partial charge in [-0.25, -0.2) is 0 Å². The summed E-state index contributed by atoms with van der Waals surface area (Å²) in [6.45, 7) is 10.9. The summed E-state index contributed by atoms with van der Waals surface area (Å²) in [7, 11) is -1.40. The summed E-state index contributed by atoms with van der Waals surface area (Å²) in [5.74, 6) is 1.66. The Morgan fingerprint density at radius 1 is 1.25 bits per heavy atom. The van der Waals surface area contributed by atoms with Crippen LogP contribution in [0.1, 0.15) is 13.8 Å². The van der Waals surface area contributed by atoms with Crippen LogP contribution in [-0.4, -0.2) is 8.32 Å². The maximum Gasteiger partial charge on any atom is 0.242 e. The first-order valence-electron chi connectivity index (χ1n) is 4.48. The van der Waals surface area contributed by atoms with Crippen molar-refractivity contribution in [3.05, 3.63) is 23.5 Å². The average molecular weight is 182 g/mol. The van der Waals surface area contributed by atoms with Crippen molar-refractivity contribution in [3.63, 3.8) is 0 Å². The maximum absolute atomic E-state index is 5.91. The fourth-order valence-corrected chi connectivity index (χ4v) is 2.23. The van der Waals surface area contributed by atoms with E-state index in [4.69, 9.17) is 4.43 Å². The molecule has 0 spiro atoms. The lowest BCUT2D eigenvalue weighted by Gasteiger charge is -2.20. The third-order valence-corrected chi connectivity index (χ3v) is 2.56. The van der Waals surface area contributed by atoms with Crippen LogP contribution in [0.5, 0.6) is 0 Å². The van der Waals surface area contributed by atoms with Crippen LogP contribution in [0.2, 0.25) is 19.6 Å². The summed E-state index contributed by atoms with van der Waals surface area (Å²) >= 11 is 0. The molecule has 0 N–H and O–H groups in total. The predicted octanol–water partition coefficient (Wildman–Crippen LogP) is 3.32. The minimum absolute atomic E-state index is 0.552. The molecule has 12 heavy (non-hydrogen) atoms. The largest absolute Gasteiger partial charge is 0.544 e. The van der Waals surface area contributed by atoms with E-state index in [0.717, 1.165) is 5.76 Å². The molecule has 0 fully saturated rings. The monoisotopic (exact) mass is 182 g/mol. The molecule has 1 aliphatic rings. The Hall–Kier alpha value is -0.503. The van der Waals surface area contributed by atoms with Gasteiger partial charge in [0.2, 0.25) is 8.32 Å². The van der Waals surface area contributed by atoms with Gasteiger partial charge >= 0.3 is 0 Å². The van der Waals surface area contributed by atoms with Crippen LogP contribution in [0.25, 0.3) is 0 Å². The van der Waals surface area contributed by atoms with Crippen LogP contribution in [0.3, 0.4) is 0 Å². The average Bonchev–Trinajstić information content (AvgIpc) is 2.06. The summed E-state index contributed by atoms with van der Waals surface area (Å²) in [6, 6.07) is 0. The molecule has 0 radical (unpaired) electrons. The summed E-state index contributed by atoms with van der Waals surface area (Å²) < 4.78 is 5.91. The quantitative estimate of drug-likeness (QED) is 0.595. The van der Waals surface area contributed by atoms with Crippen molar-refractivity contribution in [2.24, 2.45) is 5.92 Å². The highest BCUT2D eigenvalue weighted by molar-refractivity contribution is 6.70. The lowest BCUT2D eigenvalue weighted by atomic mass is 10.2. The highest BCUT2D eigenvalue weighted by Gasteiger charge is 2.21. The van der Waals surface area contributed by atoms with E-state index in [1.54, 1.807) is 0 Å². The van der Waals surface area contributed by atoms with Gasteiger partial charge in [-0.15, -0.1) is 0 Å². The van der Waals surface area contributed by atoms with Crippen LogP contribution in [0, 0.1) is 5.92 Å². The molecule has 2 heteroatoms. The fourth-order valence-electron chi connectivity index (χ4n) is 1.34. The first-order valence-corrected chi connectivity index (χ1v) is 7.89. The Morgan fingerprint density at radius 3 is 2.17 bits per heavy atom. The van der Waals surface area contributed by atoms with Crippen molar-refractivity contribution in [1.82, 2.24) is 0 Å². The first-order chi connectivity index (χ1) is 5.38. The van der Waals surface area contributed by atoms with Crippen molar-refractivity contribution in [2.45, 2.75) is 33.5 Å². The summed E-state index contributed by atoms with van der Waals surface area (Å²) in [6.07, 6.45) is 4.45. The van der Waals surface area contributed by atoms with Gasteiger partial charge in [0, 0.05) is 0 Å². The Labute approximate surface area is 76.3 Å². The molecule has 1 atom stereocenters. The number of rotatable bonds is 2. The van der Waals surface area contributed by atoms with E-state index in [-0.39, 0.29) is 0 Å². The minimum Gasteiger partial charge on any atom is -0.544 e. The third kappa shape index (κ3) is 2.52. The van der Waals surface area contributed by atoms with Crippen LogP contribution in [0.15, 0.2) is 23.5 Å². The Balaban J connectivity index is 2.67. The molecular formula is C10H18OSi. The molecule has 0 amide bonds. The van der Waals surface area contributed by atoms with Crippen LogP contribution in [-0.2, 0) is 4.43 Å². The van der Waals surface area contributed by atoms with Crippen LogP contribution >= 0.6 is 0 Å². The molecule has 0 aromatic heterocycles. The van der Waals surface area contributed by atoms with Crippen LogP contribution in [0.4, 0.5) is 0 Å². The molecule has 0 saturated heterocycles. The molecule has 0 heterocycles. The van der Waals surface area contributed by atoms with Crippen molar-refractivity contribution < 1.29 is 4.43 Å². The molecule has 1 nitrogen and oxygen atoms in total. The van der Waals surface area contributed by atoms with Crippen molar-refractivity contribution in [3.8, 4) is 0 Å². The molecule has 0 bridgehead atoms. The SMILES string of the molecule is CC1=CC(C)C=C1O[Si](C)(C)C. The smallest absolute Gasteiger partial charge is 0.242 e. The van der Waals surface area contributed by atoms with Crippen LogP contribution < -0.4 is 0 Å². The summed E-state index contributed by atoms with van der Waals surface area (Å²) in [5, 5.41) is 0. The van der Waals surface area contributed by atoms with Crippen molar-refractivity contribution in [2.75, 3.05) is 0 Å². The summed E-state index contributed by atoms with van der Waals surface area (Å²) in [4.78, 5) is 0. The highest BCUT2D eigenvalue weighted by Crippen LogP contribution is 2.26. The second-order valence-electron chi connectivity index (χ2n) is 4.45. The fraction of sp³-hybridized carbons (Fsp3) is 0.600. The first kappa shape index (κ1) is 9.58. The highest BCUT2D eigenvalue weighted by atomic mass is 28.4. The zero-order chi connectivity index (χ0) is 9.35. The standard InChI is InChI=1S/C10H18OSi/c1-8-6-9(2)10(7-8)11-12(3,4)5/h6-8H,1-5H3. The topological polar surface area (TPSA) is 9.23 Å². The lowest BCUT2D eigenvalue weighted by molar-refractivity contribution is 0.433. The van der Waals surface area contributed by atoms with E-state index in [9.17, 15) is 0 Å². The van der Waals surface area contributed by atoms with E-state index in [1.807, 2.05) is 0 Å². The third-order valence-electron chi connectivity index (χ3n) is 1.73. The number of allylic oxidation sites excluding steroid dienone is 3. The second-order valence-corrected chi connectivity index (χ2v) is 8.88. The summed E-state index contributed by atoms with van der Waals surface area (Å²) in [5.41, 5.74) is 1.30. The van der Waals surface area contributed by atoms with Gasteiger partial charge in [-0.1, -0.05) is 13.0 Å². The molecular weight excluding hydrogens is 164 g/mol. The van der Waals surface area contributed by atoms with Gasteiger partial charge in [0.05, 0.1) is 0 Å². The predicted molar refractivity (Wildman–Crippen MR) is 55.4 cm³/mol. The van der Waals surface area contributed by atoms with Crippen molar-refractivity contribution in [1.29, 1.82) is 0 Å². The number of hydrogen-bond acceptors (Lipinski definition) is 1. The van der Waals surface area contributed by atoms with Gasteiger partial charge in [0.15, 0.2) is 0 Å². The zero-order valence-corrected chi connectivity index (χ0v) is 9.64. The van der Waals surface area contributed by atoms with E-state index < -0.39 is 8.32 Å². The molecule has 0 aliphatic heterocycles. The molecule has 1 rings (SSSR count). The molecule has 68 valence electrons. The van der Waals surface area contributed by atoms with Gasteiger partial charge in [-0.3, -0.25) is 0 Å². The normalized spacial score (nSPS) is 23.6. The van der Waals surface area contributed by atoms with E-state index in [1.165, 1.54) is 5.57 Å². The van der Waals surface area contributed by atoms with Gasteiger partial charge in [-0.2, -0.15) is 0 Å². The van der Waals surface area contributed by atoms with Gasteiger partial charge in [0.25, 0.3) is 0 Å². The molecule has 0 aromatic rings. The van der Waals surface area contributed by atoms with Gasteiger partial charge in [0.1, 0.15) is 5.76 Å². The maximum atomic E-state index is 5.91. The minimum atomic E-state index is -1.40. The Bertz CT molecular complexity index is 233. The second kappa shape index (κ2) is 3.09. The Kier molecular flexibility index (Phi) is 2.47. The van der Waals surface area contributed by atoms with E-state index in [0.29, 0.717) is 5.92 Å². The molecule has 1 aliphatic carbocycles. The molecule has 1 unspecified atom stereocenters. The Morgan fingerprint density at radius 2 is 1.83 bits per heavy atom. The molecule has 0 aromatic carbocycles. The number of hydrogen-bond donors (Lipinski definition) is 0. The van der Waals surface area contributed by atoms with E-state index in [2.05, 4.69) is 45.6 Å². The van der Waals surface area contributed by atoms with Crippen molar-refractivity contribution >= 4 is 8.32 Å². The van der Waals surface area contributed by atoms with Gasteiger partial charge in [-0.05, 0) is 44.1 Å². The lowest BCUT2D eigenvalue weighted by Crippen LogP contribution is -2.24. The van der Waals surface area contributed by atoms with Gasteiger partial charge < -0.3 is 4.43 Å².